The Bertz CT molecular complexity index is 367. The van der Waals surface area contributed by atoms with Gasteiger partial charge in [-0.1, -0.05) is 18.2 Å². The zero-order valence-electron chi connectivity index (χ0n) is 11.1. The van der Waals surface area contributed by atoms with Crippen molar-refractivity contribution in [2.24, 2.45) is 0 Å². The van der Waals surface area contributed by atoms with Gasteiger partial charge in [0.05, 0.1) is 13.2 Å². The molecule has 0 amide bonds. The summed E-state index contributed by atoms with van der Waals surface area (Å²) in [5, 5.41) is 0. The average Bonchev–Trinajstić information content (AvgIpc) is 2.36. The van der Waals surface area contributed by atoms with Crippen LogP contribution in [0.5, 0.6) is 0 Å². The number of alkyl halides is 1. The topological polar surface area (TPSA) is 29.5 Å². The van der Waals surface area contributed by atoms with Crippen molar-refractivity contribution in [3.63, 3.8) is 0 Å². The van der Waals surface area contributed by atoms with E-state index in [2.05, 4.69) is 4.74 Å². The number of ether oxygens (including phenoxy) is 1. The predicted molar refractivity (Wildman–Crippen MR) is 70.5 cm³/mol. The first-order chi connectivity index (χ1) is 8.56. The fourth-order valence-electron chi connectivity index (χ4n) is 1.71. The van der Waals surface area contributed by atoms with E-state index in [4.69, 9.17) is 0 Å². The van der Waals surface area contributed by atoms with Gasteiger partial charge in [-0.3, -0.25) is 0 Å². The Balaban J connectivity index is 2.73. The van der Waals surface area contributed by atoms with Gasteiger partial charge in [0.1, 0.15) is 0 Å². The Morgan fingerprint density at radius 2 is 1.94 bits per heavy atom. The Labute approximate surface area is 108 Å². The third kappa shape index (κ3) is 4.02. The summed E-state index contributed by atoms with van der Waals surface area (Å²) in [6.07, 6.45) is -1.62. The molecule has 4 heteroatoms. The SMILES string of the molecule is CCOC(=O)C(F)CN(c1ccccc1)C(C)C. The van der Waals surface area contributed by atoms with Gasteiger partial charge in [0.2, 0.25) is 6.17 Å². The van der Waals surface area contributed by atoms with Crippen LogP contribution in [-0.2, 0) is 9.53 Å². The average molecular weight is 253 g/mol. The number of carbonyl (C=O) groups is 1. The van der Waals surface area contributed by atoms with E-state index >= 15 is 0 Å². The summed E-state index contributed by atoms with van der Waals surface area (Å²) >= 11 is 0. The second-order valence-corrected chi connectivity index (χ2v) is 4.30. The van der Waals surface area contributed by atoms with Gasteiger partial charge in [-0.15, -0.1) is 0 Å². The summed E-state index contributed by atoms with van der Waals surface area (Å²) in [5.74, 6) is -0.793. The summed E-state index contributed by atoms with van der Waals surface area (Å²) in [7, 11) is 0. The van der Waals surface area contributed by atoms with Crippen molar-refractivity contribution in [3.05, 3.63) is 30.3 Å². The maximum Gasteiger partial charge on any atom is 0.342 e. The van der Waals surface area contributed by atoms with Crippen LogP contribution in [0.3, 0.4) is 0 Å². The molecule has 100 valence electrons. The number of nitrogens with zero attached hydrogens (tertiary/aromatic N) is 1. The van der Waals surface area contributed by atoms with Crippen molar-refractivity contribution in [1.82, 2.24) is 0 Å². The molecule has 0 saturated heterocycles. The first kappa shape index (κ1) is 14.5. The molecule has 0 saturated carbocycles. The number of hydrogen-bond acceptors (Lipinski definition) is 3. The van der Waals surface area contributed by atoms with Gasteiger partial charge in [-0.05, 0) is 32.9 Å². The molecule has 0 aliphatic rings. The highest BCUT2D eigenvalue weighted by molar-refractivity contribution is 5.75. The van der Waals surface area contributed by atoms with Gasteiger partial charge >= 0.3 is 5.97 Å². The van der Waals surface area contributed by atoms with E-state index in [-0.39, 0.29) is 19.2 Å². The lowest BCUT2D eigenvalue weighted by Crippen LogP contribution is -2.39. The fraction of sp³-hybridized carbons (Fsp3) is 0.500. The summed E-state index contributed by atoms with van der Waals surface area (Å²) in [5.41, 5.74) is 0.902. The molecular formula is C14H20FNO2. The maximum absolute atomic E-state index is 13.8. The van der Waals surface area contributed by atoms with Gasteiger partial charge in [-0.2, -0.15) is 0 Å². The smallest absolute Gasteiger partial charge is 0.342 e. The van der Waals surface area contributed by atoms with Crippen LogP contribution >= 0.6 is 0 Å². The van der Waals surface area contributed by atoms with E-state index in [0.717, 1.165) is 5.69 Å². The molecule has 0 heterocycles. The number of halogens is 1. The summed E-state index contributed by atoms with van der Waals surface area (Å²) in [6.45, 7) is 5.81. The van der Waals surface area contributed by atoms with Gasteiger partial charge in [-0.25, -0.2) is 9.18 Å². The molecule has 0 aromatic heterocycles. The lowest BCUT2D eigenvalue weighted by atomic mass is 10.2. The molecule has 0 radical (unpaired) electrons. The highest BCUT2D eigenvalue weighted by atomic mass is 19.1. The van der Waals surface area contributed by atoms with Crippen molar-refractivity contribution in [2.75, 3.05) is 18.1 Å². The Kier molecular flexibility index (Phi) is 5.62. The minimum Gasteiger partial charge on any atom is -0.464 e. The first-order valence-electron chi connectivity index (χ1n) is 6.18. The summed E-state index contributed by atoms with van der Waals surface area (Å²) < 4.78 is 18.4. The highest BCUT2D eigenvalue weighted by Crippen LogP contribution is 2.17. The number of benzene rings is 1. The minimum absolute atomic E-state index is 0.0144. The van der Waals surface area contributed by atoms with E-state index in [0.29, 0.717) is 0 Å². The summed E-state index contributed by atoms with van der Waals surface area (Å²) in [4.78, 5) is 13.2. The maximum atomic E-state index is 13.8. The normalized spacial score (nSPS) is 12.3. The third-order valence-corrected chi connectivity index (χ3v) is 2.61. The molecule has 3 nitrogen and oxygen atoms in total. The van der Waals surface area contributed by atoms with E-state index in [1.54, 1.807) is 6.92 Å². The molecule has 0 bridgehead atoms. The number of rotatable bonds is 6. The molecular weight excluding hydrogens is 233 g/mol. The fourth-order valence-corrected chi connectivity index (χ4v) is 1.71. The lowest BCUT2D eigenvalue weighted by molar-refractivity contribution is -0.148. The molecule has 1 aromatic rings. The molecule has 18 heavy (non-hydrogen) atoms. The van der Waals surface area contributed by atoms with E-state index in [9.17, 15) is 9.18 Å². The van der Waals surface area contributed by atoms with Crippen molar-refractivity contribution in [3.8, 4) is 0 Å². The van der Waals surface area contributed by atoms with Crippen LogP contribution in [0.2, 0.25) is 0 Å². The Hall–Kier alpha value is -1.58. The van der Waals surface area contributed by atoms with Crippen LogP contribution in [0.1, 0.15) is 20.8 Å². The van der Waals surface area contributed by atoms with E-state index in [1.807, 2.05) is 49.1 Å². The Morgan fingerprint density at radius 3 is 2.44 bits per heavy atom. The molecule has 0 fully saturated rings. The van der Waals surface area contributed by atoms with Gasteiger partial charge in [0, 0.05) is 11.7 Å². The van der Waals surface area contributed by atoms with E-state index in [1.165, 1.54) is 0 Å². The minimum atomic E-state index is -1.62. The molecule has 0 aliphatic carbocycles. The van der Waals surface area contributed by atoms with Crippen molar-refractivity contribution < 1.29 is 13.9 Å². The molecule has 0 aliphatic heterocycles. The zero-order valence-corrected chi connectivity index (χ0v) is 11.1. The standard InChI is InChI=1S/C14H20FNO2/c1-4-18-14(17)13(15)10-16(11(2)3)12-8-6-5-7-9-12/h5-9,11,13H,4,10H2,1-3H3. The van der Waals surface area contributed by atoms with Crippen LogP contribution in [0.25, 0.3) is 0 Å². The number of esters is 1. The monoisotopic (exact) mass is 253 g/mol. The van der Waals surface area contributed by atoms with E-state index < -0.39 is 12.1 Å². The van der Waals surface area contributed by atoms with Crippen LogP contribution in [0.4, 0.5) is 10.1 Å². The van der Waals surface area contributed by atoms with Crippen molar-refractivity contribution >= 4 is 11.7 Å². The third-order valence-electron chi connectivity index (χ3n) is 2.61. The number of anilines is 1. The largest absolute Gasteiger partial charge is 0.464 e. The number of carbonyl (C=O) groups excluding carboxylic acids is 1. The lowest BCUT2D eigenvalue weighted by Gasteiger charge is -2.29. The molecule has 1 rings (SSSR count). The zero-order chi connectivity index (χ0) is 13.5. The predicted octanol–water partition coefficient (Wildman–Crippen LogP) is 2.80. The first-order valence-corrected chi connectivity index (χ1v) is 6.18. The second kappa shape index (κ2) is 6.99. The molecule has 0 N–H and O–H groups in total. The van der Waals surface area contributed by atoms with Gasteiger partial charge in [0.15, 0.2) is 0 Å². The quantitative estimate of drug-likeness (QED) is 0.730. The molecule has 1 unspecified atom stereocenters. The number of hydrogen-bond donors (Lipinski definition) is 0. The van der Waals surface area contributed by atoms with Crippen LogP contribution in [0.15, 0.2) is 30.3 Å². The Morgan fingerprint density at radius 1 is 1.33 bits per heavy atom. The van der Waals surface area contributed by atoms with Gasteiger partial charge < -0.3 is 9.64 Å². The van der Waals surface area contributed by atoms with Crippen LogP contribution in [-0.4, -0.2) is 31.3 Å². The van der Waals surface area contributed by atoms with Crippen molar-refractivity contribution in [1.29, 1.82) is 0 Å². The highest BCUT2D eigenvalue weighted by Gasteiger charge is 2.23. The van der Waals surface area contributed by atoms with Gasteiger partial charge in [0.25, 0.3) is 0 Å². The van der Waals surface area contributed by atoms with Crippen LogP contribution in [0, 0.1) is 0 Å². The molecule has 0 spiro atoms. The molecule has 1 atom stereocenters. The number of para-hydroxylation sites is 1. The van der Waals surface area contributed by atoms with Crippen LogP contribution < -0.4 is 4.90 Å². The van der Waals surface area contributed by atoms with Crippen molar-refractivity contribution in [2.45, 2.75) is 33.0 Å². The second-order valence-electron chi connectivity index (χ2n) is 4.30. The summed E-state index contributed by atoms with van der Waals surface area (Å²) in [6, 6.07) is 9.60. The molecule has 1 aromatic carbocycles.